The number of benzene rings is 1. The molecule has 2 aliphatic heterocycles. The molecule has 4 rings (SSSR count). The number of anilines is 1. The first kappa shape index (κ1) is 22.2. The third kappa shape index (κ3) is 5.61. The van der Waals surface area contributed by atoms with Crippen LogP contribution in [0, 0.1) is 0 Å². The van der Waals surface area contributed by atoms with Gasteiger partial charge in [-0.25, -0.2) is 0 Å². The monoisotopic (exact) mass is 437 g/mol. The van der Waals surface area contributed by atoms with E-state index in [2.05, 4.69) is 14.7 Å². The standard InChI is InChI=1S/C23H30F3N3O2/c1-30-17-22-8-7-21(31-22)16-27-9-3-6-20(15-27)29-12-10-28(11-13-29)19-5-2-4-18(14-19)23(24,25)26/h2,4-5,7-8,14,20H,3,6,9-13,15-17H2,1H3/t20-/m0/s1. The fourth-order valence-electron chi connectivity index (χ4n) is 4.64. The van der Waals surface area contributed by atoms with E-state index in [0.29, 0.717) is 18.3 Å². The lowest BCUT2D eigenvalue weighted by Crippen LogP contribution is -2.55. The molecule has 1 aromatic carbocycles. The van der Waals surface area contributed by atoms with Gasteiger partial charge >= 0.3 is 6.18 Å². The van der Waals surface area contributed by atoms with Crippen molar-refractivity contribution in [2.45, 2.75) is 38.2 Å². The van der Waals surface area contributed by atoms with E-state index in [9.17, 15) is 13.2 Å². The lowest BCUT2D eigenvalue weighted by Gasteiger charge is -2.44. The van der Waals surface area contributed by atoms with Crippen molar-refractivity contribution in [2.75, 3.05) is 51.3 Å². The molecule has 0 unspecified atom stereocenters. The van der Waals surface area contributed by atoms with Gasteiger partial charge in [-0.1, -0.05) is 6.07 Å². The Bertz CT molecular complexity index is 847. The van der Waals surface area contributed by atoms with Crippen LogP contribution in [0.3, 0.4) is 0 Å². The predicted molar refractivity (Wildman–Crippen MR) is 113 cm³/mol. The van der Waals surface area contributed by atoms with Gasteiger partial charge in [-0.05, 0) is 49.7 Å². The maximum atomic E-state index is 13.0. The molecule has 3 heterocycles. The zero-order valence-electron chi connectivity index (χ0n) is 17.9. The second kappa shape index (κ2) is 9.63. The molecule has 0 amide bonds. The van der Waals surface area contributed by atoms with E-state index in [1.165, 1.54) is 12.1 Å². The van der Waals surface area contributed by atoms with Gasteiger partial charge in [0.1, 0.15) is 18.1 Å². The minimum absolute atomic E-state index is 0.478. The highest BCUT2D eigenvalue weighted by Crippen LogP contribution is 2.32. The molecule has 170 valence electrons. The highest BCUT2D eigenvalue weighted by atomic mass is 19.4. The van der Waals surface area contributed by atoms with Crippen LogP contribution in [0.4, 0.5) is 18.9 Å². The number of halogens is 3. The molecule has 2 saturated heterocycles. The van der Waals surface area contributed by atoms with E-state index >= 15 is 0 Å². The van der Waals surface area contributed by atoms with Crippen molar-refractivity contribution >= 4 is 5.69 Å². The molecule has 0 aliphatic carbocycles. The first-order valence-electron chi connectivity index (χ1n) is 10.9. The van der Waals surface area contributed by atoms with Crippen LogP contribution >= 0.6 is 0 Å². The molecule has 31 heavy (non-hydrogen) atoms. The van der Waals surface area contributed by atoms with Crippen LogP contribution in [0.5, 0.6) is 0 Å². The average molecular weight is 438 g/mol. The van der Waals surface area contributed by atoms with E-state index in [1.807, 2.05) is 12.1 Å². The highest BCUT2D eigenvalue weighted by molar-refractivity contribution is 5.49. The van der Waals surface area contributed by atoms with Gasteiger partial charge in [-0.15, -0.1) is 0 Å². The summed E-state index contributed by atoms with van der Waals surface area (Å²) in [6.07, 6.45) is -2.00. The Hall–Kier alpha value is -2.03. The molecule has 2 aliphatic rings. The Balaban J connectivity index is 1.30. The Morgan fingerprint density at radius 2 is 1.81 bits per heavy atom. The van der Waals surface area contributed by atoms with Gasteiger partial charge in [0.05, 0.1) is 12.1 Å². The Morgan fingerprint density at radius 1 is 1.03 bits per heavy atom. The zero-order chi connectivity index (χ0) is 21.8. The van der Waals surface area contributed by atoms with E-state index < -0.39 is 11.7 Å². The summed E-state index contributed by atoms with van der Waals surface area (Å²) in [5, 5.41) is 0. The molecule has 0 bridgehead atoms. The molecule has 5 nitrogen and oxygen atoms in total. The maximum absolute atomic E-state index is 13.0. The number of likely N-dealkylation sites (tertiary alicyclic amines) is 1. The molecule has 1 atom stereocenters. The van der Waals surface area contributed by atoms with Crippen molar-refractivity contribution in [3.63, 3.8) is 0 Å². The number of nitrogens with zero attached hydrogens (tertiary/aromatic N) is 3. The van der Waals surface area contributed by atoms with Crippen molar-refractivity contribution in [3.8, 4) is 0 Å². The van der Waals surface area contributed by atoms with Crippen molar-refractivity contribution in [1.82, 2.24) is 9.80 Å². The van der Waals surface area contributed by atoms with Gasteiger partial charge < -0.3 is 14.1 Å². The molecule has 1 aromatic heterocycles. The second-order valence-corrected chi connectivity index (χ2v) is 8.40. The Morgan fingerprint density at radius 3 is 2.55 bits per heavy atom. The molecule has 8 heteroatoms. The number of alkyl halides is 3. The van der Waals surface area contributed by atoms with Gasteiger partial charge in [0.25, 0.3) is 0 Å². The number of hydrogen-bond acceptors (Lipinski definition) is 5. The van der Waals surface area contributed by atoms with Gasteiger partial charge in [-0.3, -0.25) is 9.80 Å². The Kier molecular flexibility index (Phi) is 6.89. The van der Waals surface area contributed by atoms with Gasteiger partial charge in [0.15, 0.2) is 0 Å². The van der Waals surface area contributed by atoms with Crippen LogP contribution in [0.15, 0.2) is 40.8 Å². The summed E-state index contributed by atoms with van der Waals surface area (Å²) in [6.45, 7) is 6.56. The van der Waals surface area contributed by atoms with Crippen molar-refractivity contribution in [1.29, 1.82) is 0 Å². The van der Waals surface area contributed by atoms with Crippen LogP contribution in [-0.2, 0) is 24.1 Å². The zero-order valence-corrected chi connectivity index (χ0v) is 17.9. The second-order valence-electron chi connectivity index (χ2n) is 8.40. The summed E-state index contributed by atoms with van der Waals surface area (Å²) in [5.74, 6) is 1.80. The number of hydrogen-bond donors (Lipinski definition) is 0. The van der Waals surface area contributed by atoms with E-state index in [4.69, 9.17) is 9.15 Å². The smallest absolute Gasteiger partial charge is 0.416 e. The summed E-state index contributed by atoms with van der Waals surface area (Å²) in [6, 6.07) is 10.1. The van der Waals surface area contributed by atoms with E-state index in [-0.39, 0.29) is 0 Å². The summed E-state index contributed by atoms with van der Waals surface area (Å²) in [5.41, 5.74) is 0.0753. The van der Waals surface area contributed by atoms with Crippen molar-refractivity contribution < 1.29 is 22.3 Å². The number of piperidine rings is 1. The number of ether oxygens (including phenoxy) is 1. The van der Waals surface area contributed by atoms with Gasteiger partial charge in [-0.2, -0.15) is 13.2 Å². The fourth-order valence-corrected chi connectivity index (χ4v) is 4.64. The number of piperazine rings is 1. The van der Waals surface area contributed by atoms with Gasteiger partial charge in [0.2, 0.25) is 0 Å². The highest BCUT2D eigenvalue weighted by Gasteiger charge is 2.32. The molecule has 0 saturated carbocycles. The minimum Gasteiger partial charge on any atom is -0.462 e. The topological polar surface area (TPSA) is 32.1 Å². The van der Waals surface area contributed by atoms with Crippen LogP contribution in [0.2, 0.25) is 0 Å². The summed E-state index contributed by atoms with van der Waals surface area (Å²) in [4.78, 5) is 6.99. The largest absolute Gasteiger partial charge is 0.462 e. The van der Waals surface area contributed by atoms with Gasteiger partial charge in [0, 0.05) is 51.6 Å². The third-order valence-corrected chi connectivity index (χ3v) is 6.23. The third-order valence-electron chi connectivity index (χ3n) is 6.23. The number of methoxy groups -OCH3 is 1. The maximum Gasteiger partial charge on any atom is 0.416 e. The predicted octanol–water partition coefficient (Wildman–Crippen LogP) is 4.23. The van der Waals surface area contributed by atoms with Crippen LogP contribution in [0.1, 0.15) is 29.9 Å². The summed E-state index contributed by atoms with van der Waals surface area (Å²) in [7, 11) is 1.66. The van der Waals surface area contributed by atoms with Crippen molar-refractivity contribution in [3.05, 3.63) is 53.5 Å². The fraction of sp³-hybridized carbons (Fsp3) is 0.565. The lowest BCUT2D eigenvalue weighted by atomic mass is 10.0. The first-order chi connectivity index (χ1) is 14.9. The normalized spacial score (nSPS) is 21.5. The SMILES string of the molecule is COCc1ccc(CN2CCC[C@H](N3CCN(c4cccc(C(F)(F)F)c4)CC3)C2)o1. The number of furan rings is 1. The molecule has 2 aromatic rings. The summed E-state index contributed by atoms with van der Waals surface area (Å²) >= 11 is 0. The molecule has 0 N–H and O–H groups in total. The van der Waals surface area contributed by atoms with E-state index in [1.54, 1.807) is 13.2 Å². The molecular formula is C23H30F3N3O2. The lowest BCUT2D eigenvalue weighted by molar-refractivity contribution is -0.137. The quantitative estimate of drug-likeness (QED) is 0.675. The van der Waals surface area contributed by atoms with Crippen LogP contribution < -0.4 is 4.90 Å². The first-order valence-corrected chi connectivity index (χ1v) is 10.9. The molecule has 2 fully saturated rings. The number of rotatable bonds is 6. The molecule has 0 radical (unpaired) electrons. The van der Waals surface area contributed by atoms with Crippen LogP contribution in [0.25, 0.3) is 0 Å². The molecular weight excluding hydrogens is 407 g/mol. The Labute approximate surface area is 181 Å². The van der Waals surface area contributed by atoms with Crippen molar-refractivity contribution in [2.24, 2.45) is 0 Å². The van der Waals surface area contributed by atoms with Crippen LogP contribution in [-0.4, -0.2) is 62.2 Å². The average Bonchev–Trinajstić information content (AvgIpc) is 3.21. The summed E-state index contributed by atoms with van der Waals surface area (Å²) < 4.78 is 50.0. The molecule has 0 spiro atoms. The van der Waals surface area contributed by atoms with E-state index in [0.717, 1.165) is 76.2 Å². The minimum atomic E-state index is -4.30.